The molecule has 0 bridgehead atoms. The van der Waals surface area contributed by atoms with Gasteiger partial charge in [-0.2, -0.15) is 0 Å². The van der Waals surface area contributed by atoms with E-state index in [1.807, 2.05) is 30.3 Å². The lowest BCUT2D eigenvalue weighted by Gasteiger charge is -2.31. The van der Waals surface area contributed by atoms with Gasteiger partial charge in [0.15, 0.2) is 0 Å². The van der Waals surface area contributed by atoms with E-state index in [1.165, 1.54) is 24.0 Å². The Morgan fingerprint density at radius 1 is 0.762 bits per heavy atom. The van der Waals surface area contributed by atoms with Crippen molar-refractivity contribution in [2.24, 2.45) is 17.6 Å². The Morgan fingerprint density at radius 3 is 2.06 bits per heavy atom. The van der Waals surface area contributed by atoms with E-state index in [1.54, 1.807) is 26.0 Å². The van der Waals surface area contributed by atoms with E-state index in [2.05, 4.69) is 40.4 Å². The van der Waals surface area contributed by atoms with Crippen LogP contribution < -0.4 is 32.3 Å². The number of esters is 1. The number of nitrogens with zero attached hydrogens (tertiary/aromatic N) is 1. The molecule has 2 fully saturated rings. The number of unbranched alkanes of at least 4 members (excludes halogenated alkanes) is 2. The number of amides is 7. The van der Waals surface area contributed by atoms with Crippen molar-refractivity contribution >= 4 is 47.3 Å². The van der Waals surface area contributed by atoms with Crippen molar-refractivity contribution in [3.63, 3.8) is 0 Å². The summed E-state index contributed by atoms with van der Waals surface area (Å²) in [6, 6.07) is 7.51. The normalized spacial score (nSPS) is 24.8. The summed E-state index contributed by atoms with van der Waals surface area (Å²) in [4.78, 5) is 111. The van der Waals surface area contributed by atoms with Crippen LogP contribution in [0, 0.1) is 11.8 Å². The van der Waals surface area contributed by atoms with Crippen molar-refractivity contribution in [2.45, 2.75) is 148 Å². The van der Waals surface area contributed by atoms with Gasteiger partial charge in [-0.3, -0.25) is 33.6 Å². The lowest BCUT2D eigenvalue weighted by Crippen LogP contribution is -2.60. The van der Waals surface area contributed by atoms with E-state index in [4.69, 9.17) is 10.5 Å². The number of nitrogens with two attached hydrogens (primary N) is 1. The van der Waals surface area contributed by atoms with E-state index in [-0.39, 0.29) is 38.0 Å². The highest BCUT2D eigenvalue weighted by atomic mass is 16.5. The zero-order valence-corrected chi connectivity index (χ0v) is 37.0. The summed E-state index contributed by atoms with van der Waals surface area (Å²) in [5, 5.41) is 23.2. The van der Waals surface area contributed by atoms with Crippen molar-refractivity contribution in [3.8, 4) is 5.75 Å². The van der Waals surface area contributed by atoms with Gasteiger partial charge in [-0.05, 0) is 67.7 Å². The standard InChI is InChI=1S/C46H65N7O10/c1-27(2)13-8-6-11-16-33-25-39(56)49-35(23-30-14-9-7-10-15-30)45(61)53-22-12-17-37(53)43(59)48-29(5)41(57)52-40(28(3)4)44(60)50-34(26-38(47)55)42(58)51-36(46(62)63-33)24-31-18-20-32(54)21-19-31/h7,9-10,14-15,18-21,27-29,33-37,40,54H,6,8,11-13,16-17,22-26H2,1-5H3,(H2,47,55)(H,48,59)(H,49,56)(H,50,60)(H,51,58)(H,52,57)/t29-,33?,34-,35?,36?,37+,40+/m1/s1. The number of primary amides is 1. The summed E-state index contributed by atoms with van der Waals surface area (Å²) in [6.45, 7) is 9.20. The molecule has 0 aromatic heterocycles. The minimum Gasteiger partial charge on any atom is -0.508 e. The number of nitrogens with one attached hydrogen (secondary N) is 5. The van der Waals surface area contributed by atoms with Crippen LogP contribution in [0.25, 0.3) is 0 Å². The fraction of sp³-hybridized carbons (Fsp3) is 0.565. The maximum atomic E-state index is 14.4. The molecule has 2 aliphatic rings. The van der Waals surface area contributed by atoms with Crippen LogP contribution in [0.3, 0.4) is 0 Å². The summed E-state index contributed by atoms with van der Waals surface area (Å²) >= 11 is 0. The number of rotatable bonds is 13. The molecule has 2 aliphatic heterocycles. The zero-order valence-electron chi connectivity index (χ0n) is 37.0. The van der Waals surface area contributed by atoms with Crippen LogP contribution in [0.4, 0.5) is 0 Å². The molecule has 0 aliphatic carbocycles. The molecule has 2 aromatic rings. The minimum atomic E-state index is -1.59. The molecule has 0 saturated carbocycles. The number of ether oxygens (including phenoxy) is 1. The Kier molecular flexibility index (Phi) is 18.9. The zero-order chi connectivity index (χ0) is 46.2. The molecule has 17 heteroatoms. The quantitative estimate of drug-likeness (QED) is 0.114. The van der Waals surface area contributed by atoms with Gasteiger partial charge in [0.25, 0.3) is 0 Å². The molecule has 0 radical (unpaired) electrons. The third-order valence-corrected chi connectivity index (χ3v) is 11.3. The highest BCUT2D eigenvalue weighted by Gasteiger charge is 2.40. The topological polar surface area (TPSA) is 255 Å². The van der Waals surface area contributed by atoms with E-state index in [0.717, 1.165) is 24.8 Å². The van der Waals surface area contributed by atoms with Gasteiger partial charge in [-0.25, -0.2) is 4.79 Å². The van der Waals surface area contributed by atoms with Crippen LogP contribution >= 0.6 is 0 Å². The second-order valence-corrected chi connectivity index (χ2v) is 17.4. The van der Waals surface area contributed by atoms with Crippen LogP contribution in [0.2, 0.25) is 0 Å². The highest BCUT2D eigenvalue weighted by Crippen LogP contribution is 2.22. The fourth-order valence-electron chi connectivity index (χ4n) is 7.76. The molecule has 3 unspecified atom stereocenters. The van der Waals surface area contributed by atoms with Crippen molar-refractivity contribution in [2.75, 3.05) is 6.54 Å². The predicted molar refractivity (Wildman–Crippen MR) is 233 cm³/mol. The van der Waals surface area contributed by atoms with Crippen LogP contribution in [0.1, 0.15) is 104 Å². The predicted octanol–water partition coefficient (Wildman–Crippen LogP) is 2.07. The number of hydrogen-bond acceptors (Lipinski definition) is 10. The highest BCUT2D eigenvalue weighted by molar-refractivity contribution is 5.98. The molecule has 7 amide bonds. The van der Waals surface area contributed by atoms with Gasteiger partial charge in [0, 0.05) is 19.4 Å². The van der Waals surface area contributed by atoms with Gasteiger partial charge in [-0.15, -0.1) is 0 Å². The molecule has 344 valence electrons. The Labute approximate surface area is 369 Å². The van der Waals surface area contributed by atoms with Crippen molar-refractivity contribution in [3.05, 3.63) is 65.7 Å². The molecule has 2 aromatic carbocycles. The third kappa shape index (κ3) is 15.7. The van der Waals surface area contributed by atoms with E-state index < -0.39 is 102 Å². The number of carbonyl (C=O) groups excluding carboxylic acids is 8. The maximum Gasteiger partial charge on any atom is 0.329 e. The molecular weight excluding hydrogens is 811 g/mol. The number of carbonyl (C=O) groups is 8. The minimum absolute atomic E-state index is 0.0337. The number of phenols is 1. The van der Waals surface area contributed by atoms with Crippen LogP contribution in [-0.4, -0.2) is 106 Å². The summed E-state index contributed by atoms with van der Waals surface area (Å²) < 4.78 is 6.05. The third-order valence-electron chi connectivity index (χ3n) is 11.3. The average Bonchev–Trinajstić information content (AvgIpc) is 3.72. The summed E-state index contributed by atoms with van der Waals surface area (Å²) in [5.74, 6) is -6.13. The molecular formula is C46H65N7O10. The van der Waals surface area contributed by atoms with Crippen molar-refractivity contribution in [1.29, 1.82) is 0 Å². The number of cyclic esters (lactones) is 1. The van der Waals surface area contributed by atoms with Crippen molar-refractivity contribution in [1.82, 2.24) is 31.5 Å². The Hall–Kier alpha value is -6.00. The lowest BCUT2D eigenvalue weighted by atomic mass is 10.0. The number of phenolic OH excluding ortho intramolecular Hbond substituents is 1. The summed E-state index contributed by atoms with van der Waals surface area (Å²) in [5.41, 5.74) is 6.78. The van der Waals surface area contributed by atoms with E-state index in [9.17, 15) is 43.5 Å². The first-order chi connectivity index (χ1) is 29.9. The first-order valence-corrected chi connectivity index (χ1v) is 22.0. The largest absolute Gasteiger partial charge is 0.508 e. The second-order valence-electron chi connectivity index (χ2n) is 17.4. The van der Waals surface area contributed by atoms with Crippen LogP contribution in [0.5, 0.6) is 5.75 Å². The summed E-state index contributed by atoms with van der Waals surface area (Å²) in [6.07, 6.45) is 2.33. The van der Waals surface area contributed by atoms with Crippen LogP contribution in [0.15, 0.2) is 54.6 Å². The molecule has 17 nitrogen and oxygen atoms in total. The van der Waals surface area contributed by atoms with Gasteiger partial charge in [-0.1, -0.05) is 89.4 Å². The van der Waals surface area contributed by atoms with Gasteiger partial charge in [0.05, 0.1) is 12.8 Å². The first kappa shape index (κ1) is 49.7. The number of aromatic hydroxyl groups is 1. The monoisotopic (exact) mass is 875 g/mol. The number of fused-ring (bicyclic) bond motifs is 1. The molecule has 4 rings (SSSR count). The molecule has 2 saturated heterocycles. The fourth-order valence-corrected chi connectivity index (χ4v) is 7.76. The SMILES string of the molecule is CC(C)CCCCCC1CC(=O)NC(Cc2ccccc2)C(=O)N2CCC[C@H]2C(=O)N[C@H](C)C(=O)N[C@@H](C(C)C)C(=O)N[C@H](CC(N)=O)C(=O)NC(Cc2ccc(O)cc2)C(=O)O1. The van der Waals surface area contributed by atoms with Crippen LogP contribution in [-0.2, 0) is 55.9 Å². The van der Waals surface area contributed by atoms with Crippen molar-refractivity contribution < 1.29 is 48.2 Å². The second kappa shape index (κ2) is 24.0. The van der Waals surface area contributed by atoms with Gasteiger partial charge in [0.1, 0.15) is 48.1 Å². The number of benzene rings is 2. The molecule has 2 heterocycles. The Balaban J connectivity index is 1.75. The summed E-state index contributed by atoms with van der Waals surface area (Å²) in [7, 11) is 0. The van der Waals surface area contributed by atoms with E-state index >= 15 is 0 Å². The molecule has 0 spiro atoms. The van der Waals surface area contributed by atoms with E-state index in [0.29, 0.717) is 30.7 Å². The molecule has 8 N–H and O–H groups in total. The maximum absolute atomic E-state index is 14.4. The van der Waals surface area contributed by atoms with Gasteiger partial charge in [0.2, 0.25) is 41.4 Å². The Morgan fingerprint density at radius 2 is 1.41 bits per heavy atom. The first-order valence-electron chi connectivity index (χ1n) is 22.0. The van der Waals surface area contributed by atoms with Gasteiger partial charge < -0.3 is 47.1 Å². The average molecular weight is 876 g/mol. The number of hydrogen-bond donors (Lipinski definition) is 7. The Bertz CT molecular complexity index is 1910. The molecule has 63 heavy (non-hydrogen) atoms. The molecule has 7 atom stereocenters. The van der Waals surface area contributed by atoms with Gasteiger partial charge >= 0.3 is 5.97 Å². The smallest absolute Gasteiger partial charge is 0.329 e. The lowest BCUT2D eigenvalue weighted by molar-refractivity contribution is -0.155.